The first-order valence-electron chi connectivity index (χ1n) is 7.24. The Bertz CT molecular complexity index is 730. The molecule has 0 amide bonds. The lowest BCUT2D eigenvalue weighted by Crippen LogP contribution is -2.12. The minimum absolute atomic E-state index is 0.0689. The van der Waals surface area contributed by atoms with E-state index in [1.807, 2.05) is 24.3 Å². The molecule has 1 aromatic carbocycles. The van der Waals surface area contributed by atoms with Crippen LogP contribution in [0.3, 0.4) is 0 Å². The zero-order valence-corrected chi connectivity index (χ0v) is 12.9. The molecule has 0 bridgehead atoms. The zero-order chi connectivity index (χ0) is 15.2. The Kier molecular flexibility index (Phi) is 4.82. The number of para-hydroxylation sites is 1. The van der Waals surface area contributed by atoms with Crippen LogP contribution in [0.25, 0.3) is 10.9 Å². The Morgan fingerprint density at radius 1 is 1.00 bits per heavy atom. The SMILES string of the molecule is OCCNc1nc(NCCc2cccs2)nc2ccccc12. The van der Waals surface area contributed by atoms with Crippen molar-refractivity contribution in [1.29, 1.82) is 0 Å². The van der Waals surface area contributed by atoms with Gasteiger partial charge in [-0.2, -0.15) is 4.98 Å². The van der Waals surface area contributed by atoms with E-state index in [1.165, 1.54) is 4.88 Å². The third-order valence-corrected chi connectivity index (χ3v) is 4.18. The second-order valence-electron chi connectivity index (χ2n) is 4.82. The van der Waals surface area contributed by atoms with Gasteiger partial charge >= 0.3 is 0 Å². The molecule has 3 rings (SSSR count). The fourth-order valence-electron chi connectivity index (χ4n) is 2.22. The maximum atomic E-state index is 9.00. The highest BCUT2D eigenvalue weighted by molar-refractivity contribution is 7.09. The van der Waals surface area contributed by atoms with Crippen LogP contribution in [0.2, 0.25) is 0 Å². The maximum absolute atomic E-state index is 9.00. The average molecular weight is 314 g/mol. The van der Waals surface area contributed by atoms with Gasteiger partial charge in [0, 0.05) is 23.4 Å². The van der Waals surface area contributed by atoms with Crippen molar-refractivity contribution in [2.75, 3.05) is 30.3 Å². The summed E-state index contributed by atoms with van der Waals surface area (Å²) in [4.78, 5) is 10.4. The molecular weight excluding hydrogens is 296 g/mol. The molecule has 0 aliphatic carbocycles. The van der Waals surface area contributed by atoms with Gasteiger partial charge in [0.2, 0.25) is 5.95 Å². The molecule has 0 aliphatic rings. The smallest absolute Gasteiger partial charge is 0.225 e. The Morgan fingerprint density at radius 2 is 1.91 bits per heavy atom. The summed E-state index contributed by atoms with van der Waals surface area (Å²) in [5.41, 5.74) is 0.886. The van der Waals surface area contributed by atoms with Gasteiger partial charge in [0.15, 0.2) is 0 Å². The first kappa shape index (κ1) is 14.7. The number of thiophene rings is 1. The largest absolute Gasteiger partial charge is 0.395 e. The van der Waals surface area contributed by atoms with Crippen molar-refractivity contribution < 1.29 is 5.11 Å². The van der Waals surface area contributed by atoms with Gasteiger partial charge in [0.05, 0.1) is 12.1 Å². The first-order chi connectivity index (χ1) is 10.9. The number of anilines is 2. The minimum Gasteiger partial charge on any atom is -0.395 e. The Morgan fingerprint density at radius 3 is 2.73 bits per heavy atom. The molecule has 0 fully saturated rings. The molecule has 3 aromatic rings. The number of nitrogens with one attached hydrogen (secondary N) is 2. The van der Waals surface area contributed by atoms with E-state index < -0.39 is 0 Å². The standard InChI is InChI=1S/C16H18N4OS/c21-10-9-17-15-13-5-1-2-6-14(13)19-16(20-15)18-8-7-12-4-3-11-22-12/h1-6,11,21H,7-10H2,(H2,17,18,19,20). The van der Waals surface area contributed by atoms with Gasteiger partial charge in [-0.3, -0.25) is 0 Å². The monoisotopic (exact) mass is 314 g/mol. The highest BCUT2D eigenvalue weighted by atomic mass is 32.1. The molecule has 0 saturated carbocycles. The summed E-state index contributed by atoms with van der Waals surface area (Å²) in [6.45, 7) is 1.33. The number of aliphatic hydroxyl groups is 1. The molecule has 3 N–H and O–H groups in total. The van der Waals surface area contributed by atoms with Gasteiger partial charge in [-0.05, 0) is 30.0 Å². The number of aliphatic hydroxyl groups excluding tert-OH is 1. The maximum Gasteiger partial charge on any atom is 0.225 e. The van der Waals surface area contributed by atoms with Crippen molar-refractivity contribution in [3.63, 3.8) is 0 Å². The molecule has 114 valence electrons. The summed E-state index contributed by atoms with van der Waals surface area (Å²) >= 11 is 1.75. The van der Waals surface area contributed by atoms with E-state index in [0.29, 0.717) is 12.5 Å². The van der Waals surface area contributed by atoms with Crippen LogP contribution in [-0.2, 0) is 6.42 Å². The number of rotatable bonds is 7. The highest BCUT2D eigenvalue weighted by Crippen LogP contribution is 2.21. The highest BCUT2D eigenvalue weighted by Gasteiger charge is 2.06. The predicted octanol–water partition coefficient (Wildman–Crippen LogP) is 2.75. The van der Waals surface area contributed by atoms with Crippen LogP contribution in [0.4, 0.5) is 11.8 Å². The van der Waals surface area contributed by atoms with Crippen LogP contribution >= 0.6 is 11.3 Å². The number of fused-ring (bicyclic) bond motifs is 1. The van der Waals surface area contributed by atoms with Gasteiger partial charge in [0.1, 0.15) is 5.82 Å². The molecule has 6 heteroatoms. The Labute approximate surface area is 133 Å². The number of benzene rings is 1. The van der Waals surface area contributed by atoms with Gasteiger partial charge in [0.25, 0.3) is 0 Å². The van der Waals surface area contributed by atoms with E-state index in [-0.39, 0.29) is 6.61 Å². The molecule has 0 spiro atoms. The topological polar surface area (TPSA) is 70.1 Å². The van der Waals surface area contributed by atoms with Crippen molar-refractivity contribution in [2.24, 2.45) is 0 Å². The molecule has 2 heterocycles. The van der Waals surface area contributed by atoms with Gasteiger partial charge in [-0.15, -0.1) is 11.3 Å². The zero-order valence-electron chi connectivity index (χ0n) is 12.1. The Hall–Kier alpha value is -2.18. The van der Waals surface area contributed by atoms with Crippen LogP contribution in [0, 0.1) is 0 Å². The number of aromatic nitrogens is 2. The summed E-state index contributed by atoms with van der Waals surface area (Å²) in [6, 6.07) is 12.0. The lowest BCUT2D eigenvalue weighted by Gasteiger charge is -2.11. The number of hydrogen-bond donors (Lipinski definition) is 3. The fraction of sp³-hybridized carbons (Fsp3) is 0.250. The van der Waals surface area contributed by atoms with Crippen molar-refractivity contribution >= 4 is 34.0 Å². The normalized spacial score (nSPS) is 10.8. The van der Waals surface area contributed by atoms with Crippen LogP contribution in [-0.4, -0.2) is 34.8 Å². The molecule has 22 heavy (non-hydrogen) atoms. The lowest BCUT2D eigenvalue weighted by molar-refractivity contribution is 0.311. The molecule has 5 nitrogen and oxygen atoms in total. The molecule has 2 aromatic heterocycles. The summed E-state index contributed by atoms with van der Waals surface area (Å²) in [5.74, 6) is 1.36. The summed E-state index contributed by atoms with van der Waals surface area (Å²) in [5, 5.41) is 18.5. The van der Waals surface area contributed by atoms with Gasteiger partial charge in [-0.1, -0.05) is 18.2 Å². The van der Waals surface area contributed by atoms with Crippen molar-refractivity contribution in [2.45, 2.75) is 6.42 Å². The van der Waals surface area contributed by atoms with Gasteiger partial charge < -0.3 is 15.7 Å². The third kappa shape index (κ3) is 3.52. The predicted molar refractivity (Wildman–Crippen MR) is 91.6 cm³/mol. The molecule has 0 atom stereocenters. The van der Waals surface area contributed by atoms with Crippen molar-refractivity contribution in [3.05, 3.63) is 46.7 Å². The second-order valence-corrected chi connectivity index (χ2v) is 5.85. The van der Waals surface area contributed by atoms with Crippen LogP contribution in [0.5, 0.6) is 0 Å². The van der Waals surface area contributed by atoms with E-state index in [9.17, 15) is 0 Å². The fourth-order valence-corrected chi connectivity index (χ4v) is 2.93. The number of hydrogen-bond acceptors (Lipinski definition) is 6. The van der Waals surface area contributed by atoms with Gasteiger partial charge in [-0.25, -0.2) is 4.98 Å². The summed E-state index contributed by atoms with van der Waals surface area (Å²) < 4.78 is 0. The quantitative estimate of drug-likeness (QED) is 0.625. The summed E-state index contributed by atoms with van der Waals surface area (Å²) in [6.07, 6.45) is 0.952. The number of nitrogens with zero attached hydrogens (tertiary/aromatic N) is 2. The van der Waals surface area contributed by atoms with Crippen LogP contribution in [0.15, 0.2) is 41.8 Å². The molecular formula is C16H18N4OS. The van der Waals surface area contributed by atoms with E-state index in [0.717, 1.165) is 29.7 Å². The van der Waals surface area contributed by atoms with E-state index in [2.05, 4.69) is 38.1 Å². The molecule has 0 saturated heterocycles. The van der Waals surface area contributed by atoms with Crippen molar-refractivity contribution in [1.82, 2.24) is 9.97 Å². The molecule has 0 unspecified atom stereocenters. The van der Waals surface area contributed by atoms with E-state index in [1.54, 1.807) is 11.3 Å². The first-order valence-corrected chi connectivity index (χ1v) is 8.12. The Balaban J connectivity index is 1.76. The summed E-state index contributed by atoms with van der Waals surface area (Å²) in [7, 11) is 0. The van der Waals surface area contributed by atoms with Crippen LogP contribution in [0.1, 0.15) is 4.88 Å². The van der Waals surface area contributed by atoms with E-state index in [4.69, 9.17) is 5.11 Å². The lowest BCUT2D eigenvalue weighted by atomic mass is 10.2. The second kappa shape index (κ2) is 7.20. The van der Waals surface area contributed by atoms with E-state index >= 15 is 0 Å². The third-order valence-electron chi connectivity index (χ3n) is 3.24. The van der Waals surface area contributed by atoms with Crippen LogP contribution < -0.4 is 10.6 Å². The minimum atomic E-state index is 0.0689. The molecule has 0 aliphatic heterocycles. The molecule has 0 radical (unpaired) electrons. The van der Waals surface area contributed by atoms with Crippen molar-refractivity contribution in [3.8, 4) is 0 Å². The average Bonchev–Trinajstić information content (AvgIpc) is 3.06.